The van der Waals surface area contributed by atoms with Crippen LogP contribution in [0, 0.1) is 0 Å². The van der Waals surface area contributed by atoms with Gasteiger partial charge in [-0.15, -0.1) is 0 Å². The Morgan fingerprint density at radius 3 is 2.84 bits per heavy atom. The van der Waals surface area contributed by atoms with Crippen molar-refractivity contribution in [2.75, 3.05) is 13.7 Å². The number of methoxy groups -OCH3 is 1. The molecule has 0 aliphatic carbocycles. The van der Waals surface area contributed by atoms with Crippen LogP contribution < -0.4 is 10.1 Å². The highest BCUT2D eigenvalue weighted by Crippen LogP contribution is 2.30. The number of carboxylic acids is 1. The summed E-state index contributed by atoms with van der Waals surface area (Å²) in [4.78, 5) is 11.0. The number of nitrogens with one attached hydrogen (secondary N) is 1. The third kappa shape index (κ3) is 3.17. The van der Waals surface area contributed by atoms with Crippen LogP contribution in [-0.4, -0.2) is 35.9 Å². The Hall–Kier alpha value is -1.75. The van der Waals surface area contributed by atoms with Crippen LogP contribution in [0.5, 0.6) is 11.5 Å². The first-order valence-electron chi connectivity index (χ1n) is 6.48. The van der Waals surface area contributed by atoms with Crippen molar-refractivity contribution in [3.8, 4) is 11.5 Å². The minimum absolute atomic E-state index is 0.0772. The van der Waals surface area contributed by atoms with Crippen molar-refractivity contribution in [3.05, 3.63) is 23.3 Å². The molecule has 1 aliphatic rings. The van der Waals surface area contributed by atoms with Crippen molar-refractivity contribution in [2.24, 2.45) is 0 Å². The molecule has 1 fully saturated rings. The van der Waals surface area contributed by atoms with E-state index in [0.717, 1.165) is 18.5 Å². The smallest absolute Gasteiger partial charge is 0.339 e. The average Bonchev–Trinajstić information content (AvgIpc) is 2.41. The SMILES string of the molecule is COc1cc(O)c(C(=O)O)cc1CC1CCCCN1. The second-order valence-corrected chi connectivity index (χ2v) is 4.84. The predicted molar refractivity (Wildman–Crippen MR) is 71.0 cm³/mol. The van der Waals surface area contributed by atoms with Crippen molar-refractivity contribution in [1.82, 2.24) is 5.32 Å². The standard InChI is InChI=1S/C14H19NO4/c1-19-13-8-12(16)11(14(17)18)7-9(13)6-10-4-2-3-5-15-10/h7-8,10,15-16H,2-6H2,1H3,(H,17,18). The summed E-state index contributed by atoms with van der Waals surface area (Å²) in [6, 6.07) is 3.22. The molecule has 0 radical (unpaired) electrons. The molecule has 0 spiro atoms. The summed E-state index contributed by atoms with van der Waals surface area (Å²) in [7, 11) is 1.52. The van der Waals surface area contributed by atoms with Gasteiger partial charge in [-0.05, 0) is 37.4 Å². The summed E-state index contributed by atoms with van der Waals surface area (Å²) in [5.41, 5.74) is 0.740. The number of phenols is 1. The fourth-order valence-electron chi connectivity index (χ4n) is 2.50. The highest BCUT2D eigenvalue weighted by atomic mass is 16.5. The second kappa shape index (κ2) is 5.93. The van der Waals surface area contributed by atoms with E-state index in [2.05, 4.69) is 5.32 Å². The monoisotopic (exact) mass is 265 g/mol. The number of aromatic carboxylic acids is 1. The highest BCUT2D eigenvalue weighted by Gasteiger charge is 2.19. The van der Waals surface area contributed by atoms with Gasteiger partial charge in [0.25, 0.3) is 0 Å². The zero-order valence-corrected chi connectivity index (χ0v) is 11.0. The minimum Gasteiger partial charge on any atom is -0.507 e. The van der Waals surface area contributed by atoms with Gasteiger partial charge in [0.05, 0.1) is 7.11 Å². The van der Waals surface area contributed by atoms with Crippen LogP contribution in [0.15, 0.2) is 12.1 Å². The van der Waals surface area contributed by atoms with Gasteiger partial charge in [0.2, 0.25) is 0 Å². The van der Waals surface area contributed by atoms with E-state index < -0.39 is 5.97 Å². The molecular weight excluding hydrogens is 246 g/mol. The molecule has 0 bridgehead atoms. The molecule has 1 aromatic rings. The van der Waals surface area contributed by atoms with Crippen LogP contribution in [0.3, 0.4) is 0 Å². The fraction of sp³-hybridized carbons (Fsp3) is 0.500. The first-order chi connectivity index (χ1) is 9.11. The van der Waals surface area contributed by atoms with Crippen molar-refractivity contribution in [1.29, 1.82) is 0 Å². The molecule has 5 nitrogen and oxygen atoms in total. The topological polar surface area (TPSA) is 78.8 Å². The summed E-state index contributed by atoms with van der Waals surface area (Å²) in [5, 5.41) is 22.1. The van der Waals surface area contributed by atoms with Crippen LogP contribution >= 0.6 is 0 Å². The molecule has 1 aromatic carbocycles. The Balaban J connectivity index is 2.26. The molecule has 0 saturated carbocycles. The van der Waals surface area contributed by atoms with E-state index in [1.807, 2.05) is 0 Å². The predicted octanol–water partition coefficient (Wildman–Crippen LogP) is 1.78. The van der Waals surface area contributed by atoms with Gasteiger partial charge in [0.15, 0.2) is 0 Å². The van der Waals surface area contributed by atoms with Gasteiger partial charge < -0.3 is 20.3 Å². The van der Waals surface area contributed by atoms with Crippen molar-refractivity contribution in [2.45, 2.75) is 31.7 Å². The van der Waals surface area contributed by atoms with Crippen LogP contribution in [0.2, 0.25) is 0 Å². The van der Waals surface area contributed by atoms with Crippen LogP contribution in [0.1, 0.15) is 35.2 Å². The lowest BCUT2D eigenvalue weighted by Crippen LogP contribution is -2.35. The van der Waals surface area contributed by atoms with Gasteiger partial charge in [-0.2, -0.15) is 0 Å². The Morgan fingerprint density at radius 1 is 1.47 bits per heavy atom. The van der Waals surface area contributed by atoms with E-state index >= 15 is 0 Å². The molecule has 1 atom stereocenters. The number of ether oxygens (including phenoxy) is 1. The Kier molecular flexibility index (Phi) is 4.27. The fourth-order valence-corrected chi connectivity index (χ4v) is 2.50. The third-order valence-corrected chi connectivity index (χ3v) is 3.51. The molecule has 3 N–H and O–H groups in total. The van der Waals surface area contributed by atoms with E-state index in [9.17, 15) is 9.90 Å². The normalized spacial score (nSPS) is 19.1. The van der Waals surface area contributed by atoms with E-state index in [-0.39, 0.29) is 11.3 Å². The maximum Gasteiger partial charge on any atom is 0.339 e. The van der Waals surface area contributed by atoms with E-state index in [1.165, 1.54) is 32.1 Å². The molecule has 0 aromatic heterocycles. The number of benzene rings is 1. The summed E-state index contributed by atoms with van der Waals surface area (Å²) >= 11 is 0. The Morgan fingerprint density at radius 2 is 2.26 bits per heavy atom. The van der Waals surface area contributed by atoms with Gasteiger partial charge in [-0.3, -0.25) is 0 Å². The first-order valence-corrected chi connectivity index (χ1v) is 6.48. The lowest BCUT2D eigenvalue weighted by molar-refractivity contribution is 0.0693. The van der Waals surface area contributed by atoms with E-state index in [1.54, 1.807) is 0 Å². The van der Waals surface area contributed by atoms with Crippen molar-refractivity contribution in [3.63, 3.8) is 0 Å². The van der Waals surface area contributed by atoms with Gasteiger partial charge >= 0.3 is 5.97 Å². The summed E-state index contributed by atoms with van der Waals surface area (Å²) in [6.45, 7) is 0.997. The molecule has 1 aliphatic heterocycles. The van der Waals surface area contributed by atoms with Crippen molar-refractivity contribution < 1.29 is 19.7 Å². The number of hydrogen-bond donors (Lipinski definition) is 3. The third-order valence-electron chi connectivity index (χ3n) is 3.51. The largest absolute Gasteiger partial charge is 0.507 e. The quantitative estimate of drug-likeness (QED) is 0.773. The second-order valence-electron chi connectivity index (χ2n) is 4.84. The molecule has 19 heavy (non-hydrogen) atoms. The molecule has 2 rings (SSSR count). The number of piperidine rings is 1. The molecule has 1 heterocycles. The number of carboxylic acid groups (broad SMARTS) is 1. The molecule has 5 heteroatoms. The summed E-state index contributed by atoms with van der Waals surface area (Å²) < 4.78 is 5.22. The number of hydrogen-bond acceptors (Lipinski definition) is 4. The molecule has 0 amide bonds. The minimum atomic E-state index is -1.13. The number of rotatable bonds is 4. The van der Waals surface area contributed by atoms with Gasteiger partial charge in [-0.1, -0.05) is 6.42 Å². The lowest BCUT2D eigenvalue weighted by atomic mass is 9.96. The van der Waals surface area contributed by atoms with Gasteiger partial charge in [0.1, 0.15) is 17.1 Å². The molecule has 104 valence electrons. The van der Waals surface area contributed by atoms with E-state index in [0.29, 0.717) is 18.2 Å². The number of carbonyl (C=O) groups is 1. The van der Waals surface area contributed by atoms with Gasteiger partial charge in [0, 0.05) is 12.1 Å². The van der Waals surface area contributed by atoms with Crippen molar-refractivity contribution >= 4 is 5.97 Å². The lowest BCUT2D eigenvalue weighted by Gasteiger charge is -2.24. The zero-order chi connectivity index (χ0) is 13.8. The molecular formula is C14H19NO4. The molecule has 1 saturated heterocycles. The maximum absolute atomic E-state index is 11.0. The van der Waals surface area contributed by atoms with Crippen LogP contribution in [0.25, 0.3) is 0 Å². The van der Waals surface area contributed by atoms with Crippen LogP contribution in [-0.2, 0) is 6.42 Å². The van der Waals surface area contributed by atoms with E-state index in [4.69, 9.17) is 9.84 Å². The first kappa shape index (κ1) is 13.7. The molecule has 1 unspecified atom stereocenters. The highest BCUT2D eigenvalue weighted by molar-refractivity contribution is 5.91. The van der Waals surface area contributed by atoms with Crippen LogP contribution in [0.4, 0.5) is 0 Å². The van der Waals surface area contributed by atoms with Gasteiger partial charge in [-0.25, -0.2) is 4.79 Å². The summed E-state index contributed by atoms with van der Waals surface area (Å²) in [5.74, 6) is -0.849. The Labute approximate surface area is 112 Å². The maximum atomic E-state index is 11.0. The average molecular weight is 265 g/mol. The summed E-state index contributed by atoms with van der Waals surface area (Å²) in [6.07, 6.45) is 4.16. The Bertz CT molecular complexity index is 467. The zero-order valence-electron chi connectivity index (χ0n) is 11.0. The number of aromatic hydroxyl groups is 1.